The van der Waals surface area contributed by atoms with Gasteiger partial charge in [0.2, 0.25) is 11.8 Å². The summed E-state index contributed by atoms with van der Waals surface area (Å²) in [7, 11) is 0. The van der Waals surface area contributed by atoms with E-state index in [1.807, 2.05) is 80.6 Å². The Morgan fingerprint density at radius 2 is 1.62 bits per heavy atom. The minimum Gasteiger partial charge on any atom is -0.445 e. The highest BCUT2D eigenvalue weighted by atomic mass is 32.2. The summed E-state index contributed by atoms with van der Waals surface area (Å²) in [6, 6.07) is 18.0. The average molecular weight is 815 g/mol. The van der Waals surface area contributed by atoms with Crippen molar-refractivity contribution in [3.8, 4) is 0 Å². The Bertz CT molecular complexity index is 1700. The number of carbonyl (C=O) groups is 5. The van der Waals surface area contributed by atoms with Crippen molar-refractivity contribution in [2.45, 2.75) is 123 Å². The second-order valence-corrected chi connectivity index (χ2v) is 18.3. The Balaban J connectivity index is 1.42. The Labute approximate surface area is 350 Å². The number of alkyl carbamates (subject to hydrolysis) is 1. The maximum atomic E-state index is 14.3. The van der Waals surface area contributed by atoms with Gasteiger partial charge in [-0.1, -0.05) is 114 Å². The predicted molar refractivity (Wildman–Crippen MR) is 233 cm³/mol. The lowest BCUT2D eigenvalue weighted by Gasteiger charge is -2.29. The molecule has 0 radical (unpaired) electrons. The molecule has 1 fully saturated rings. The first-order valence-corrected chi connectivity index (χ1v) is 22.2. The van der Waals surface area contributed by atoms with Crippen LogP contribution in [0.3, 0.4) is 0 Å². The van der Waals surface area contributed by atoms with Gasteiger partial charge in [0.15, 0.2) is 11.6 Å². The second kappa shape index (κ2) is 24.0. The lowest BCUT2D eigenvalue weighted by atomic mass is 9.86. The fraction of sp³-hybridized carbons (Fsp3) is 0.574. The van der Waals surface area contributed by atoms with Gasteiger partial charge in [-0.25, -0.2) is 4.79 Å². The van der Waals surface area contributed by atoms with Crippen molar-refractivity contribution in [2.24, 2.45) is 34.6 Å². The molecule has 2 aliphatic rings. The van der Waals surface area contributed by atoms with Crippen molar-refractivity contribution in [2.75, 3.05) is 19.6 Å². The highest BCUT2D eigenvalue weighted by Crippen LogP contribution is 2.28. The van der Waals surface area contributed by atoms with E-state index in [4.69, 9.17) is 4.74 Å². The zero-order valence-corrected chi connectivity index (χ0v) is 36.3. The van der Waals surface area contributed by atoms with Gasteiger partial charge < -0.3 is 20.3 Å². The van der Waals surface area contributed by atoms with E-state index < -0.39 is 30.0 Å². The number of ether oxygens (including phenoxy) is 1. The number of thioether (sulfide) groups is 1. The minimum absolute atomic E-state index is 0.0294. The largest absolute Gasteiger partial charge is 0.445 e. The van der Waals surface area contributed by atoms with Crippen molar-refractivity contribution < 1.29 is 28.7 Å². The van der Waals surface area contributed by atoms with Crippen LogP contribution in [0.5, 0.6) is 0 Å². The van der Waals surface area contributed by atoms with E-state index in [1.165, 1.54) is 0 Å². The van der Waals surface area contributed by atoms with Crippen LogP contribution in [-0.2, 0) is 36.9 Å². The van der Waals surface area contributed by atoms with Gasteiger partial charge in [0.25, 0.3) is 0 Å². The van der Waals surface area contributed by atoms with Gasteiger partial charge >= 0.3 is 6.09 Å². The Morgan fingerprint density at radius 3 is 2.28 bits per heavy atom. The van der Waals surface area contributed by atoms with E-state index in [1.54, 1.807) is 16.7 Å². The molecule has 0 saturated carbocycles. The Hall–Kier alpha value is -4.25. The molecule has 2 aliphatic heterocycles. The van der Waals surface area contributed by atoms with Crippen LogP contribution in [-0.4, -0.2) is 76.4 Å². The van der Waals surface area contributed by atoms with Gasteiger partial charge in [0.1, 0.15) is 6.61 Å². The zero-order chi connectivity index (χ0) is 42.0. The van der Waals surface area contributed by atoms with Crippen LogP contribution in [0.2, 0.25) is 0 Å². The van der Waals surface area contributed by atoms with Crippen molar-refractivity contribution in [3.63, 3.8) is 0 Å². The lowest BCUT2D eigenvalue weighted by molar-refractivity contribution is -0.141. The van der Waals surface area contributed by atoms with E-state index in [0.717, 1.165) is 35.4 Å². The third-order valence-electron chi connectivity index (χ3n) is 10.9. The molecule has 11 heteroatoms. The minimum atomic E-state index is -0.820. The van der Waals surface area contributed by atoms with Gasteiger partial charge in [-0.05, 0) is 73.8 Å². The highest BCUT2D eigenvalue weighted by molar-refractivity contribution is 8.14. The second-order valence-electron chi connectivity index (χ2n) is 16.8. The molecule has 2 aromatic carbocycles. The molecule has 0 aliphatic carbocycles. The number of Topliss-reactive ketones (excluding diaryl/α,β-unsaturated/α-hetero) is 2. The molecule has 1 saturated heterocycles. The lowest BCUT2D eigenvalue weighted by Crippen LogP contribution is -2.48. The van der Waals surface area contributed by atoms with Crippen LogP contribution in [0.4, 0.5) is 4.79 Å². The number of hydrogen-bond donors (Lipinski definition) is 2. The average Bonchev–Trinajstić information content (AvgIpc) is 3.69. The molecule has 58 heavy (non-hydrogen) atoms. The number of benzene rings is 2. The van der Waals surface area contributed by atoms with E-state index in [2.05, 4.69) is 49.4 Å². The fourth-order valence-corrected chi connectivity index (χ4v) is 8.83. The third kappa shape index (κ3) is 15.5. The summed E-state index contributed by atoms with van der Waals surface area (Å²) in [4.78, 5) is 75.0. The molecule has 6 atom stereocenters. The summed E-state index contributed by atoms with van der Waals surface area (Å²) in [6.45, 7) is 14.1. The SMILES string of the molecule is CC(C)C[C@H](C)/C=C/[C@H](Cc1ccccc1)C(=O)N1CCC[C@H]1C(=O)C[C@H](C(=O)N[C@H](CCCNC(=O)OCc1ccccc1)C(=O)CC1=NCCC(C)S1)C(C)C. The number of allylic oxidation sites excluding steroid dienone is 1. The number of amides is 3. The molecule has 3 amide bonds. The normalized spacial score (nSPS) is 19.0. The van der Waals surface area contributed by atoms with Crippen molar-refractivity contribution in [1.29, 1.82) is 0 Å². The van der Waals surface area contributed by atoms with Crippen LogP contribution in [0.15, 0.2) is 77.8 Å². The van der Waals surface area contributed by atoms with Crippen molar-refractivity contribution in [1.82, 2.24) is 15.5 Å². The van der Waals surface area contributed by atoms with Crippen LogP contribution < -0.4 is 10.6 Å². The number of rotatable bonds is 22. The number of ketones is 2. The number of nitrogens with zero attached hydrogens (tertiary/aromatic N) is 2. The van der Waals surface area contributed by atoms with Crippen molar-refractivity contribution >= 4 is 46.3 Å². The molecular formula is C47H66N4O6S. The number of carbonyl (C=O) groups excluding carboxylic acids is 5. The summed E-state index contributed by atoms with van der Waals surface area (Å²) in [5.41, 5.74) is 1.94. The third-order valence-corrected chi connectivity index (χ3v) is 12.1. The predicted octanol–water partition coefficient (Wildman–Crippen LogP) is 8.38. The van der Waals surface area contributed by atoms with Gasteiger partial charge in [0.05, 0.1) is 29.5 Å². The van der Waals surface area contributed by atoms with E-state index in [0.29, 0.717) is 55.9 Å². The Morgan fingerprint density at radius 1 is 0.931 bits per heavy atom. The number of aliphatic imine (C=N–C) groups is 1. The van der Waals surface area contributed by atoms with Gasteiger partial charge in [-0.3, -0.25) is 24.2 Å². The molecule has 0 aromatic heterocycles. The van der Waals surface area contributed by atoms with E-state index >= 15 is 0 Å². The summed E-state index contributed by atoms with van der Waals surface area (Å²) >= 11 is 1.59. The van der Waals surface area contributed by atoms with Gasteiger partial charge in [-0.2, -0.15) is 0 Å². The monoisotopic (exact) mass is 814 g/mol. The molecule has 4 rings (SSSR count). The molecule has 0 spiro atoms. The topological polar surface area (TPSA) is 134 Å². The zero-order valence-electron chi connectivity index (χ0n) is 35.5. The summed E-state index contributed by atoms with van der Waals surface area (Å²) in [6.07, 6.45) is 8.22. The van der Waals surface area contributed by atoms with Crippen LogP contribution in [0.25, 0.3) is 0 Å². The number of nitrogens with one attached hydrogen (secondary N) is 2. The molecular weight excluding hydrogens is 749 g/mol. The van der Waals surface area contributed by atoms with Gasteiger partial charge in [-0.15, -0.1) is 11.8 Å². The molecule has 10 nitrogen and oxygen atoms in total. The first-order chi connectivity index (χ1) is 27.8. The maximum Gasteiger partial charge on any atom is 0.407 e. The molecule has 2 heterocycles. The summed E-state index contributed by atoms with van der Waals surface area (Å²) in [5.74, 6) is -1.13. The molecule has 2 N–H and O–H groups in total. The standard InChI is InChI=1S/C47H66N4O6S/c1-32(2)27-34(5)21-22-38(28-36-15-9-7-10-16-36)46(55)51-26-14-20-41(51)43(53)29-39(33(3)4)45(54)50-40(42(52)30-44-48-25-23-35(6)58-44)19-13-24-49-47(56)57-31-37-17-11-8-12-18-37/h7-12,15-18,21-22,32-35,38-41H,13-14,19-20,23-31H2,1-6H3,(H,49,56)(H,50,54)/b22-21+/t34-,35?,38-,39+,40-,41+/m1/s1. The van der Waals surface area contributed by atoms with Crippen LogP contribution in [0.1, 0.15) is 104 Å². The first kappa shape index (κ1) is 46.4. The summed E-state index contributed by atoms with van der Waals surface area (Å²) in [5, 5.41) is 6.88. The molecule has 1 unspecified atom stereocenters. The quantitative estimate of drug-likeness (QED) is 0.0901. The maximum absolute atomic E-state index is 14.3. The van der Waals surface area contributed by atoms with Crippen LogP contribution in [0, 0.1) is 29.6 Å². The fourth-order valence-electron chi connectivity index (χ4n) is 7.75. The number of likely N-dealkylation sites (tertiary alicyclic amines) is 1. The van der Waals surface area contributed by atoms with E-state index in [9.17, 15) is 24.0 Å². The highest BCUT2D eigenvalue weighted by Gasteiger charge is 2.39. The Kier molecular flexibility index (Phi) is 19.2. The van der Waals surface area contributed by atoms with Crippen molar-refractivity contribution in [3.05, 3.63) is 83.9 Å². The summed E-state index contributed by atoms with van der Waals surface area (Å²) < 4.78 is 5.33. The molecule has 2 aromatic rings. The van der Waals surface area contributed by atoms with Crippen LogP contribution >= 0.6 is 11.8 Å². The first-order valence-electron chi connectivity index (χ1n) is 21.3. The molecule has 316 valence electrons. The van der Waals surface area contributed by atoms with Gasteiger partial charge in [0, 0.05) is 37.2 Å². The molecule has 0 bridgehead atoms. The smallest absolute Gasteiger partial charge is 0.407 e. The van der Waals surface area contributed by atoms with E-state index in [-0.39, 0.29) is 55.3 Å². The number of hydrogen-bond acceptors (Lipinski definition) is 8.